The smallest absolute Gasteiger partial charge is 0.243 e. The molecule has 1 heterocycles. The van der Waals surface area contributed by atoms with E-state index in [1.807, 2.05) is 20.8 Å². The average Bonchev–Trinajstić information content (AvgIpc) is 2.96. The molecule has 2 rings (SSSR count). The number of hydrogen-bond donors (Lipinski definition) is 1. The Morgan fingerprint density at radius 2 is 2.12 bits per heavy atom. The zero-order chi connectivity index (χ0) is 17.9. The third-order valence-corrected chi connectivity index (χ3v) is 4.94. The van der Waals surface area contributed by atoms with Gasteiger partial charge in [-0.15, -0.1) is 11.8 Å². The van der Waals surface area contributed by atoms with Crippen LogP contribution in [0.15, 0.2) is 18.2 Å². The summed E-state index contributed by atoms with van der Waals surface area (Å²) in [6.07, 6.45) is 0.408. The van der Waals surface area contributed by atoms with Gasteiger partial charge in [0.05, 0.1) is 10.9 Å². The maximum absolute atomic E-state index is 13.2. The zero-order valence-electron chi connectivity index (χ0n) is 14.1. The molecule has 1 aromatic carbocycles. The van der Waals surface area contributed by atoms with Crippen molar-refractivity contribution in [3.63, 3.8) is 0 Å². The molecule has 0 saturated carbocycles. The first-order valence-corrected chi connectivity index (χ1v) is 9.29. The number of nitrogens with one attached hydrogen (secondary N) is 1. The van der Waals surface area contributed by atoms with Gasteiger partial charge in [0.15, 0.2) is 0 Å². The molecular weight excluding hydrogens is 351 g/mol. The van der Waals surface area contributed by atoms with Crippen LogP contribution < -0.4 is 5.32 Å². The fraction of sp³-hybridized carbons (Fsp3) is 0.529. The second-order valence-electron chi connectivity index (χ2n) is 7.08. The average molecular weight is 373 g/mol. The van der Waals surface area contributed by atoms with Crippen molar-refractivity contribution in [3.8, 4) is 0 Å². The van der Waals surface area contributed by atoms with Crippen molar-refractivity contribution in [3.05, 3.63) is 34.6 Å². The normalized spacial score (nSPS) is 17.9. The van der Waals surface area contributed by atoms with Crippen molar-refractivity contribution in [1.29, 1.82) is 0 Å². The summed E-state index contributed by atoms with van der Waals surface area (Å²) >= 11 is 7.31. The van der Waals surface area contributed by atoms with Gasteiger partial charge in [-0.05, 0) is 23.1 Å². The first kappa shape index (κ1) is 19.1. The van der Waals surface area contributed by atoms with E-state index in [0.29, 0.717) is 23.6 Å². The second-order valence-corrected chi connectivity index (χ2v) is 8.49. The van der Waals surface area contributed by atoms with Gasteiger partial charge < -0.3 is 10.2 Å². The summed E-state index contributed by atoms with van der Waals surface area (Å²) in [6.45, 7) is 6.26. The highest BCUT2D eigenvalue weighted by molar-refractivity contribution is 7.99. The van der Waals surface area contributed by atoms with E-state index in [-0.39, 0.29) is 28.8 Å². The number of nitrogens with zero attached hydrogens (tertiary/aromatic N) is 1. The predicted octanol–water partition coefficient (Wildman–Crippen LogP) is 3.43. The van der Waals surface area contributed by atoms with Crippen molar-refractivity contribution < 1.29 is 14.0 Å². The number of benzene rings is 1. The number of hydrogen-bond acceptors (Lipinski definition) is 3. The van der Waals surface area contributed by atoms with Crippen LogP contribution in [0.1, 0.15) is 32.8 Å². The topological polar surface area (TPSA) is 49.4 Å². The van der Waals surface area contributed by atoms with Crippen LogP contribution in [0.2, 0.25) is 5.02 Å². The van der Waals surface area contributed by atoms with Crippen molar-refractivity contribution in [2.45, 2.75) is 39.8 Å². The quantitative estimate of drug-likeness (QED) is 0.880. The Morgan fingerprint density at radius 1 is 1.42 bits per heavy atom. The lowest BCUT2D eigenvalue weighted by Crippen LogP contribution is -2.47. The van der Waals surface area contributed by atoms with E-state index in [1.165, 1.54) is 12.1 Å². The minimum Gasteiger partial charge on any atom is -0.350 e. The molecule has 0 bridgehead atoms. The van der Waals surface area contributed by atoms with E-state index in [4.69, 9.17) is 11.6 Å². The maximum atomic E-state index is 13.2. The highest BCUT2D eigenvalue weighted by atomic mass is 35.5. The molecule has 24 heavy (non-hydrogen) atoms. The molecule has 1 fully saturated rings. The summed E-state index contributed by atoms with van der Waals surface area (Å²) in [5, 5.41) is 2.84. The molecule has 0 spiro atoms. The molecule has 1 aliphatic rings. The van der Waals surface area contributed by atoms with Crippen LogP contribution in [-0.4, -0.2) is 34.4 Å². The molecule has 0 aromatic heterocycles. The van der Waals surface area contributed by atoms with Gasteiger partial charge in [0.25, 0.3) is 0 Å². The number of rotatable bonds is 4. The molecule has 7 heteroatoms. The number of amides is 2. The Balaban J connectivity index is 1.95. The molecule has 1 aromatic rings. The molecule has 1 aliphatic heterocycles. The largest absolute Gasteiger partial charge is 0.350 e. The van der Waals surface area contributed by atoms with Crippen LogP contribution >= 0.6 is 23.4 Å². The van der Waals surface area contributed by atoms with Crippen LogP contribution in [0, 0.1) is 11.2 Å². The van der Waals surface area contributed by atoms with Gasteiger partial charge in [0.1, 0.15) is 11.9 Å². The van der Waals surface area contributed by atoms with E-state index < -0.39 is 11.9 Å². The minimum absolute atomic E-state index is 0.00234. The van der Waals surface area contributed by atoms with Crippen LogP contribution in [0.3, 0.4) is 0 Å². The standard InChI is InChI=1S/C17H22ClFN2O2S/c1-17(2,3)7-15(22)21-10-24-9-14(21)16(23)20-8-11-4-5-13(19)12(18)6-11/h4-6,14H,7-10H2,1-3H3,(H,20,23). The summed E-state index contributed by atoms with van der Waals surface area (Å²) in [5.74, 6) is 0.444. The maximum Gasteiger partial charge on any atom is 0.243 e. The Kier molecular flexibility index (Phi) is 6.15. The molecule has 4 nitrogen and oxygen atoms in total. The summed E-state index contributed by atoms with van der Waals surface area (Å²) in [6, 6.07) is 3.88. The van der Waals surface area contributed by atoms with Gasteiger partial charge in [-0.1, -0.05) is 38.4 Å². The van der Waals surface area contributed by atoms with Gasteiger partial charge in [-0.2, -0.15) is 0 Å². The molecule has 0 aliphatic carbocycles. The molecular formula is C17H22ClFN2O2S. The third-order valence-electron chi connectivity index (χ3n) is 3.64. The number of thioether (sulfide) groups is 1. The highest BCUT2D eigenvalue weighted by Gasteiger charge is 2.35. The van der Waals surface area contributed by atoms with E-state index in [2.05, 4.69) is 5.32 Å². The summed E-state index contributed by atoms with van der Waals surface area (Å²) in [4.78, 5) is 26.5. The monoisotopic (exact) mass is 372 g/mol. The SMILES string of the molecule is CC(C)(C)CC(=O)N1CSCC1C(=O)NCc1ccc(F)c(Cl)c1. The van der Waals surface area contributed by atoms with Gasteiger partial charge in [-0.25, -0.2) is 4.39 Å². The van der Waals surface area contributed by atoms with E-state index in [9.17, 15) is 14.0 Å². The van der Waals surface area contributed by atoms with E-state index in [0.717, 1.165) is 0 Å². The highest BCUT2D eigenvalue weighted by Crippen LogP contribution is 2.26. The Bertz CT molecular complexity index is 634. The van der Waals surface area contributed by atoms with E-state index in [1.54, 1.807) is 22.7 Å². The molecule has 132 valence electrons. The molecule has 1 saturated heterocycles. The number of halogens is 2. The molecule has 1 N–H and O–H groups in total. The third kappa shape index (κ3) is 5.11. The van der Waals surface area contributed by atoms with Crippen LogP contribution in [0.25, 0.3) is 0 Å². The van der Waals surface area contributed by atoms with Crippen molar-refractivity contribution in [2.24, 2.45) is 5.41 Å². The van der Waals surface area contributed by atoms with Gasteiger partial charge in [-0.3, -0.25) is 9.59 Å². The summed E-state index contributed by atoms with van der Waals surface area (Å²) in [5.41, 5.74) is 0.601. The first-order chi connectivity index (χ1) is 11.2. The van der Waals surface area contributed by atoms with Gasteiger partial charge in [0.2, 0.25) is 11.8 Å². The fourth-order valence-corrected chi connectivity index (χ4v) is 3.80. The summed E-state index contributed by atoms with van der Waals surface area (Å²) in [7, 11) is 0. The molecule has 1 atom stereocenters. The molecule has 0 radical (unpaired) electrons. The van der Waals surface area contributed by atoms with Crippen molar-refractivity contribution in [1.82, 2.24) is 10.2 Å². The van der Waals surface area contributed by atoms with Gasteiger partial charge >= 0.3 is 0 Å². The lowest BCUT2D eigenvalue weighted by molar-refractivity contribution is -0.139. The Labute approximate surface area is 151 Å². The second kappa shape index (κ2) is 7.74. The fourth-order valence-electron chi connectivity index (χ4n) is 2.42. The lowest BCUT2D eigenvalue weighted by Gasteiger charge is -2.26. The molecule has 2 amide bonds. The van der Waals surface area contributed by atoms with Crippen LogP contribution in [0.4, 0.5) is 4.39 Å². The van der Waals surface area contributed by atoms with Crippen LogP contribution in [-0.2, 0) is 16.1 Å². The Morgan fingerprint density at radius 3 is 2.75 bits per heavy atom. The lowest BCUT2D eigenvalue weighted by atomic mass is 9.91. The van der Waals surface area contributed by atoms with Crippen molar-refractivity contribution >= 4 is 35.2 Å². The van der Waals surface area contributed by atoms with Crippen molar-refractivity contribution in [2.75, 3.05) is 11.6 Å². The Hall–Kier alpha value is -1.27. The first-order valence-electron chi connectivity index (χ1n) is 7.76. The predicted molar refractivity (Wildman–Crippen MR) is 95.3 cm³/mol. The zero-order valence-corrected chi connectivity index (χ0v) is 15.6. The van der Waals surface area contributed by atoms with Gasteiger partial charge in [0, 0.05) is 18.7 Å². The van der Waals surface area contributed by atoms with E-state index >= 15 is 0 Å². The van der Waals surface area contributed by atoms with Crippen LogP contribution in [0.5, 0.6) is 0 Å². The summed E-state index contributed by atoms with van der Waals surface area (Å²) < 4.78 is 13.2. The number of carbonyl (C=O) groups is 2. The number of carbonyl (C=O) groups excluding carboxylic acids is 2. The minimum atomic E-state index is -0.488. The molecule has 1 unspecified atom stereocenters.